The maximum absolute atomic E-state index is 12.9. The van der Waals surface area contributed by atoms with Crippen LogP contribution in [0.3, 0.4) is 0 Å². The van der Waals surface area contributed by atoms with Crippen LogP contribution in [0.5, 0.6) is 0 Å². The zero-order chi connectivity index (χ0) is 23.2. The van der Waals surface area contributed by atoms with Crippen LogP contribution in [0.15, 0.2) is 30.3 Å². The van der Waals surface area contributed by atoms with Crippen LogP contribution in [-0.2, 0) is 11.2 Å². The molecule has 0 aliphatic heterocycles. The molecule has 0 aliphatic carbocycles. The van der Waals surface area contributed by atoms with E-state index in [1.54, 1.807) is 0 Å². The minimum absolute atomic E-state index is 0.387. The Morgan fingerprint density at radius 2 is 1.40 bits per heavy atom. The monoisotopic (exact) mass is 446 g/mol. The van der Waals surface area contributed by atoms with Gasteiger partial charge in [0, 0.05) is 12.8 Å². The van der Waals surface area contributed by atoms with Crippen molar-refractivity contribution in [2.75, 3.05) is 0 Å². The Morgan fingerprint density at radius 1 is 0.867 bits per heavy atom. The third kappa shape index (κ3) is 8.82. The number of benzene rings is 1. The summed E-state index contributed by atoms with van der Waals surface area (Å²) >= 11 is 0. The number of carbonyl (C=O) groups is 1. The first-order valence-corrected chi connectivity index (χ1v) is 18.5. The number of aryl methyl sites for hydroxylation is 1. The Labute approximate surface area is 190 Å². The summed E-state index contributed by atoms with van der Waals surface area (Å²) < 4.78 is 0. The van der Waals surface area contributed by atoms with Crippen LogP contribution < -0.4 is 0 Å². The molecule has 0 N–H and O–H groups in total. The molecule has 0 aromatic heterocycles. The molecule has 0 amide bonds. The first-order valence-electron chi connectivity index (χ1n) is 12.1. The van der Waals surface area contributed by atoms with E-state index in [4.69, 9.17) is 0 Å². The van der Waals surface area contributed by atoms with Crippen LogP contribution in [0.1, 0.15) is 72.8 Å². The van der Waals surface area contributed by atoms with E-state index in [0.717, 1.165) is 12.8 Å². The number of hydrogen-bond acceptors (Lipinski definition) is 1. The van der Waals surface area contributed by atoms with Crippen molar-refractivity contribution in [1.82, 2.24) is 0 Å². The molecule has 1 nitrogen and oxygen atoms in total. The summed E-state index contributed by atoms with van der Waals surface area (Å²) in [7, 11) is -2.63. The lowest BCUT2D eigenvalue weighted by Crippen LogP contribution is -2.39. The van der Waals surface area contributed by atoms with Gasteiger partial charge in [-0.3, -0.25) is 4.79 Å². The third-order valence-electron chi connectivity index (χ3n) is 8.33. The van der Waals surface area contributed by atoms with Crippen molar-refractivity contribution in [2.45, 2.75) is 122 Å². The average molecular weight is 447 g/mol. The second-order valence-corrected chi connectivity index (χ2v) is 24.4. The summed E-state index contributed by atoms with van der Waals surface area (Å²) in [4.78, 5) is 12.9. The number of rotatable bonds is 11. The summed E-state index contributed by atoms with van der Waals surface area (Å²) in [5.74, 6) is 1.04. The van der Waals surface area contributed by atoms with Crippen molar-refractivity contribution in [1.29, 1.82) is 0 Å². The summed E-state index contributed by atoms with van der Waals surface area (Å²) in [6.45, 7) is 24.6. The van der Waals surface area contributed by atoms with Gasteiger partial charge in [0.2, 0.25) is 0 Å². The molecular formula is C27H50OSi2. The van der Waals surface area contributed by atoms with Gasteiger partial charge in [-0.25, -0.2) is 0 Å². The van der Waals surface area contributed by atoms with Crippen LogP contribution in [0.2, 0.25) is 48.4 Å². The standard InChI is InChI=1S/C27H50OSi2/c1-26(2,3)29(7,8)20-14-17-24(22-30(9,10)27(4,5)6)21-25(28)19-18-23-15-12-11-13-16-23/h11-13,15-16,24H,14,17-22H2,1-10H3. The van der Waals surface area contributed by atoms with Crippen molar-refractivity contribution in [3.63, 3.8) is 0 Å². The molecule has 0 saturated heterocycles. The van der Waals surface area contributed by atoms with Crippen LogP contribution in [0, 0.1) is 5.92 Å². The fraction of sp³-hybridized carbons (Fsp3) is 0.741. The van der Waals surface area contributed by atoms with E-state index in [2.05, 4.69) is 92.0 Å². The van der Waals surface area contributed by atoms with E-state index in [1.807, 2.05) is 6.07 Å². The van der Waals surface area contributed by atoms with E-state index in [9.17, 15) is 4.79 Å². The number of hydrogen-bond donors (Lipinski definition) is 0. The Balaban J connectivity index is 2.75. The van der Waals surface area contributed by atoms with Crippen molar-refractivity contribution < 1.29 is 4.79 Å². The molecule has 3 heteroatoms. The molecule has 0 spiro atoms. The molecule has 1 unspecified atom stereocenters. The largest absolute Gasteiger partial charge is 0.300 e. The molecule has 0 aliphatic rings. The van der Waals surface area contributed by atoms with E-state index < -0.39 is 16.1 Å². The van der Waals surface area contributed by atoms with Crippen LogP contribution >= 0.6 is 0 Å². The molecular weight excluding hydrogens is 396 g/mol. The van der Waals surface area contributed by atoms with E-state index >= 15 is 0 Å². The Kier molecular flexibility index (Phi) is 9.82. The Morgan fingerprint density at radius 3 is 1.90 bits per heavy atom. The van der Waals surface area contributed by atoms with Crippen molar-refractivity contribution >= 4 is 21.9 Å². The topological polar surface area (TPSA) is 17.1 Å². The Bertz CT molecular complexity index is 648. The molecule has 1 aromatic rings. The smallest absolute Gasteiger partial charge is 0.133 e. The minimum Gasteiger partial charge on any atom is -0.300 e. The van der Waals surface area contributed by atoms with Gasteiger partial charge in [0.15, 0.2) is 0 Å². The number of Topliss-reactive ketones (excluding diaryl/α,β-unsaturated/α-hetero) is 1. The van der Waals surface area contributed by atoms with Crippen molar-refractivity contribution in [3.8, 4) is 0 Å². The maximum Gasteiger partial charge on any atom is 0.133 e. The zero-order valence-corrected chi connectivity index (χ0v) is 23.8. The first-order chi connectivity index (χ1) is 13.6. The quantitative estimate of drug-likeness (QED) is 0.310. The molecule has 0 saturated carbocycles. The SMILES string of the molecule is CC(C)(C)[Si](C)(C)CCCC(CC(=O)CCc1ccccc1)C[Si](C)(C)C(C)(C)C. The van der Waals surface area contributed by atoms with Gasteiger partial charge in [-0.1, -0.05) is 123 Å². The fourth-order valence-electron chi connectivity index (χ4n) is 3.86. The third-order valence-corrected chi connectivity index (χ3v) is 19.6. The normalized spacial score (nSPS) is 14.6. The highest BCUT2D eigenvalue weighted by Gasteiger charge is 2.38. The van der Waals surface area contributed by atoms with Crippen LogP contribution in [0.4, 0.5) is 0 Å². The predicted octanol–water partition coefficient (Wildman–Crippen LogP) is 8.99. The number of ketones is 1. The first kappa shape index (κ1) is 27.4. The van der Waals surface area contributed by atoms with Crippen molar-refractivity contribution in [3.05, 3.63) is 35.9 Å². The van der Waals surface area contributed by atoms with E-state index in [0.29, 0.717) is 28.2 Å². The molecule has 1 atom stereocenters. The van der Waals surface area contributed by atoms with Gasteiger partial charge in [0.1, 0.15) is 5.78 Å². The number of carbonyl (C=O) groups excluding carboxylic acids is 1. The average Bonchev–Trinajstić information content (AvgIpc) is 2.58. The highest BCUT2D eigenvalue weighted by atomic mass is 28.3. The second kappa shape index (κ2) is 10.8. The lowest BCUT2D eigenvalue weighted by Gasteiger charge is -2.40. The van der Waals surface area contributed by atoms with Gasteiger partial charge in [-0.2, -0.15) is 0 Å². The predicted molar refractivity (Wildman–Crippen MR) is 141 cm³/mol. The molecule has 0 fully saturated rings. The minimum atomic E-state index is -1.40. The van der Waals surface area contributed by atoms with Gasteiger partial charge in [-0.15, -0.1) is 0 Å². The summed E-state index contributed by atoms with van der Waals surface area (Å²) in [5.41, 5.74) is 1.28. The van der Waals surface area contributed by atoms with Crippen LogP contribution in [0.25, 0.3) is 0 Å². The molecule has 0 heterocycles. The van der Waals surface area contributed by atoms with E-state index in [-0.39, 0.29) is 0 Å². The van der Waals surface area contributed by atoms with Gasteiger partial charge in [0.05, 0.1) is 16.1 Å². The maximum atomic E-state index is 12.9. The molecule has 1 aromatic carbocycles. The lowest BCUT2D eigenvalue weighted by molar-refractivity contribution is -0.119. The second-order valence-electron chi connectivity index (χ2n) is 13.0. The zero-order valence-electron chi connectivity index (χ0n) is 21.8. The molecule has 172 valence electrons. The van der Waals surface area contributed by atoms with Gasteiger partial charge in [0.25, 0.3) is 0 Å². The molecule has 1 rings (SSSR count). The highest BCUT2D eigenvalue weighted by Crippen LogP contribution is 2.43. The molecule has 30 heavy (non-hydrogen) atoms. The Hall–Kier alpha value is -0.676. The summed E-state index contributed by atoms with van der Waals surface area (Å²) in [6, 6.07) is 13.1. The summed E-state index contributed by atoms with van der Waals surface area (Å²) in [5, 5.41) is 0.838. The van der Waals surface area contributed by atoms with E-state index in [1.165, 1.54) is 30.5 Å². The fourth-order valence-corrected chi connectivity index (χ4v) is 8.11. The van der Waals surface area contributed by atoms with Gasteiger partial charge in [-0.05, 0) is 28.0 Å². The van der Waals surface area contributed by atoms with Crippen molar-refractivity contribution in [2.24, 2.45) is 5.92 Å². The van der Waals surface area contributed by atoms with Gasteiger partial charge >= 0.3 is 0 Å². The lowest BCUT2D eigenvalue weighted by atomic mass is 9.96. The van der Waals surface area contributed by atoms with Crippen LogP contribution in [-0.4, -0.2) is 21.9 Å². The molecule has 0 bridgehead atoms. The summed E-state index contributed by atoms with van der Waals surface area (Å²) in [6.07, 6.45) is 4.89. The highest BCUT2D eigenvalue weighted by molar-refractivity contribution is 6.80. The molecule has 0 radical (unpaired) electrons. The van der Waals surface area contributed by atoms with Gasteiger partial charge < -0.3 is 0 Å².